The predicted molar refractivity (Wildman–Crippen MR) is 80.4 cm³/mol. The molecular formula is C16H31N3. The summed E-state index contributed by atoms with van der Waals surface area (Å²) < 4.78 is 0. The van der Waals surface area contributed by atoms with E-state index in [0.29, 0.717) is 0 Å². The van der Waals surface area contributed by atoms with Gasteiger partial charge in [0.15, 0.2) is 0 Å². The molecule has 0 aliphatic carbocycles. The highest BCUT2D eigenvalue weighted by Gasteiger charge is 2.34. The minimum atomic E-state index is 0.728. The molecule has 3 fully saturated rings. The molecule has 3 heteroatoms. The van der Waals surface area contributed by atoms with E-state index in [2.05, 4.69) is 29.0 Å². The first-order chi connectivity index (χ1) is 9.24. The molecule has 3 aliphatic heterocycles. The number of piperazine rings is 1. The van der Waals surface area contributed by atoms with E-state index in [1.807, 2.05) is 0 Å². The molecule has 4 atom stereocenters. The number of nitrogens with one attached hydrogen (secondary N) is 1. The molecule has 19 heavy (non-hydrogen) atoms. The Labute approximate surface area is 118 Å². The Kier molecular flexibility index (Phi) is 4.45. The van der Waals surface area contributed by atoms with Gasteiger partial charge in [0, 0.05) is 37.8 Å². The van der Waals surface area contributed by atoms with Gasteiger partial charge < -0.3 is 5.32 Å². The Balaban J connectivity index is 1.57. The van der Waals surface area contributed by atoms with Crippen LogP contribution < -0.4 is 5.32 Å². The van der Waals surface area contributed by atoms with Crippen LogP contribution in [0.2, 0.25) is 0 Å². The topological polar surface area (TPSA) is 18.5 Å². The highest BCUT2D eigenvalue weighted by Crippen LogP contribution is 2.25. The second-order valence-electron chi connectivity index (χ2n) is 7.13. The summed E-state index contributed by atoms with van der Waals surface area (Å²) in [5, 5.41) is 3.75. The second kappa shape index (κ2) is 6.11. The average molecular weight is 265 g/mol. The normalized spacial score (nSPS) is 42.0. The van der Waals surface area contributed by atoms with Crippen molar-refractivity contribution < 1.29 is 0 Å². The summed E-state index contributed by atoms with van der Waals surface area (Å²) in [6.45, 7) is 11.3. The fourth-order valence-electron chi connectivity index (χ4n) is 4.28. The number of piperidine rings is 2. The first-order valence-electron chi connectivity index (χ1n) is 8.45. The molecule has 3 saturated heterocycles. The van der Waals surface area contributed by atoms with E-state index in [-0.39, 0.29) is 0 Å². The molecule has 4 unspecified atom stereocenters. The van der Waals surface area contributed by atoms with Gasteiger partial charge >= 0.3 is 0 Å². The zero-order valence-electron chi connectivity index (χ0n) is 12.8. The molecule has 0 aromatic heterocycles. The summed E-state index contributed by atoms with van der Waals surface area (Å²) in [5.74, 6) is 0.852. The number of fused-ring (bicyclic) bond motifs is 1. The van der Waals surface area contributed by atoms with E-state index >= 15 is 0 Å². The fourth-order valence-corrected chi connectivity index (χ4v) is 4.28. The van der Waals surface area contributed by atoms with Gasteiger partial charge in [0.05, 0.1) is 0 Å². The maximum atomic E-state index is 3.75. The Morgan fingerprint density at radius 3 is 2.79 bits per heavy atom. The lowest BCUT2D eigenvalue weighted by atomic mass is 9.91. The van der Waals surface area contributed by atoms with Crippen LogP contribution in [0, 0.1) is 5.92 Å². The lowest BCUT2D eigenvalue weighted by Crippen LogP contribution is -2.61. The lowest BCUT2D eigenvalue weighted by Gasteiger charge is -2.49. The molecule has 0 spiro atoms. The Hall–Kier alpha value is -0.120. The summed E-state index contributed by atoms with van der Waals surface area (Å²) in [7, 11) is 0. The van der Waals surface area contributed by atoms with Crippen LogP contribution in [0.3, 0.4) is 0 Å². The molecule has 3 nitrogen and oxygen atoms in total. The SMILES string of the molecule is CC1CCCNC1CN1CC2CCCCN2CC1C. The Morgan fingerprint density at radius 2 is 1.95 bits per heavy atom. The third kappa shape index (κ3) is 3.14. The predicted octanol–water partition coefficient (Wildman–Crippen LogP) is 1.93. The molecular weight excluding hydrogens is 234 g/mol. The van der Waals surface area contributed by atoms with Gasteiger partial charge in [-0.3, -0.25) is 9.80 Å². The van der Waals surface area contributed by atoms with Gasteiger partial charge in [0.25, 0.3) is 0 Å². The van der Waals surface area contributed by atoms with Crippen LogP contribution in [0.1, 0.15) is 46.0 Å². The second-order valence-corrected chi connectivity index (χ2v) is 7.13. The van der Waals surface area contributed by atoms with Crippen LogP contribution in [0.4, 0.5) is 0 Å². The van der Waals surface area contributed by atoms with E-state index in [1.54, 1.807) is 0 Å². The van der Waals surface area contributed by atoms with Gasteiger partial charge in [-0.05, 0) is 51.6 Å². The minimum absolute atomic E-state index is 0.728. The molecule has 3 aliphatic rings. The highest BCUT2D eigenvalue weighted by molar-refractivity contribution is 4.92. The van der Waals surface area contributed by atoms with Crippen molar-refractivity contribution >= 4 is 0 Å². The lowest BCUT2D eigenvalue weighted by molar-refractivity contribution is 0.00613. The molecule has 0 aromatic carbocycles. The summed E-state index contributed by atoms with van der Waals surface area (Å²) in [6.07, 6.45) is 7.07. The van der Waals surface area contributed by atoms with Crippen molar-refractivity contribution in [1.82, 2.24) is 15.1 Å². The van der Waals surface area contributed by atoms with Crippen LogP contribution in [0.15, 0.2) is 0 Å². The monoisotopic (exact) mass is 265 g/mol. The van der Waals surface area contributed by atoms with E-state index in [9.17, 15) is 0 Å². The Morgan fingerprint density at radius 1 is 1.05 bits per heavy atom. The number of nitrogens with zero attached hydrogens (tertiary/aromatic N) is 2. The summed E-state index contributed by atoms with van der Waals surface area (Å²) in [6, 6.07) is 2.32. The van der Waals surface area contributed by atoms with Crippen molar-refractivity contribution in [2.45, 2.75) is 64.1 Å². The molecule has 3 rings (SSSR count). The third-order valence-electron chi connectivity index (χ3n) is 5.68. The van der Waals surface area contributed by atoms with Crippen molar-refractivity contribution in [2.75, 3.05) is 32.7 Å². The number of hydrogen-bond acceptors (Lipinski definition) is 3. The number of rotatable bonds is 2. The summed E-state index contributed by atoms with van der Waals surface area (Å²) in [5.41, 5.74) is 0. The van der Waals surface area contributed by atoms with Crippen LogP contribution >= 0.6 is 0 Å². The maximum Gasteiger partial charge on any atom is 0.0223 e. The van der Waals surface area contributed by atoms with Crippen molar-refractivity contribution in [3.05, 3.63) is 0 Å². The number of hydrogen-bond donors (Lipinski definition) is 1. The zero-order valence-corrected chi connectivity index (χ0v) is 12.8. The molecule has 110 valence electrons. The average Bonchev–Trinajstić information content (AvgIpc) is 2.42. The van der Waals surface area contributed by atoms with E-state index < -0.39 is 0 Å². The van der Waals surface area contributed by atoms with E-state index in [0.717, 1.165) is 24.0 Å². The van der Waals surface area contributed by atoms with E-state index in [1.165, 1.54) is 64.8 Å². The molecule has 1 N–H and O–H groups in total. The first-order valence-corrected chi connectivity index (χ1v) is 8.45. The van der Waals surface area contributed by atoms with Gasteiger partial charge in [-0.15, -0.1) is 0 Å². The van der Waals surface area contributed by atoms with Gasteiger partial charge in [-0.1, -0.05) is 13.3 Å². The zero-order chi connectivity index (χ0) is 13.2. The standard InChI is InChI=1S/C16H31N3/c1-13-6-5-8-17-16(13)12-19-11-15-7-3-4-9-18(15)10-14(19)2/h13-17H,3-12H2,1-2H3. The summed E-state index contributed by atoms with van der Waals surface area (Å²) >= 11 is 0. The van der Waals surface area contributed by atoms with Crippen molar-refractivity contribution in [3.63, 3.8) is 0 Å². The minimum Gasteiger partial charge on any atom is -0.312 e. The first kappa shape index (κ1) is 13.8. The quantitative estimate of drug-likeness (QED) is 0.823. The van der Waals surface area contributed by atoms with Crippen LogP contribution in [0.5, 0.6) is 0 Å². The van der Waals surface area contributed by atoms with Crippen molar-refractivity contribution in [3.8, 4) is 0 Å². The smallest absolute Gasteiger partial charge is 0.0223 e. The van der Waals surface area contributed by atoms with Crippen LogP contribution in [0.25, 0.3) is 0 Å². The molecule has 3 heterocycles. The van der Waals surface area contributed by atoms with E-state index in [4.69, 9.17) is 0 Å². The highest BCUT2D eigenvalue weighted by atomic mass is 15.3. The summed E-state index contributed by atoms with van der Waals surface area (Å²) in [4.78, 5) is 5.52. The van der Waals surface area contributed by atoms with Gasteiger partial charge in [0.2, 0.25) is 0 Å². The molecule has 0 bridgehead atoms. The molecule has 0 aromatic rings. The Bertz CT molecular complexity index is 294. The van der Waals surface area contributed by atoms with Crippen molar-refractivity contribution in [1.29, 1.82) is 0 Å². The van der Waals surface area contributed by atoms with Crippen LogP contribution in [-0.2, 0) is 0 Å². The molecule has 0 amide bonds. The largest absolute Gasteiger partial charge is 0.312 e. The fraction of sp³-hybridized carbons (Fsp3) is 1.00. The van der Waals surface area contributed by atoms with Gasteiger partial charge in [-0.2, -0.15) is 0 Å². The molecule has 0 radical (unpaired) electrons. The maximum absolute atomic E-state index is 3.75. The van der Waals surface area contributed by atoms with Gasteiger partial charge in [-0.25, -0.2) is 0 Å². The van der Waals surface area contributed by atoms with Crippen LogP contribution in [-0.4, -0.2) is 60.6 Å². The van der Waals surface area contributed by atoms with Crippen molar-refractivity contribution in [2.24, 2.45) is 5.92 Å². The molecule has 0 saturated carbocycles. The third-order valence-corrected chi connectivity index (χ3v) is 5.68. The van der Waals surface area contributed by atoms with Gasteiger partial charge in [0.1, 0.15) is 0 Å².